The minimum absolute atomic E-state index is 0.0129. The monoisotopic (exact) mass is 400 g/mol. The molecule has 2 saturated carbocycles. The minimum Gasteiger partial charge on any atom is -0.367 e. The van der Waals surface area contributed by atoms with Gasteiger partial charge in [0.15, 0.2) is 0 Å². The van der Waals surface area contributed by atoms with Crippen molar-refractivity contribution in [3.8, 4) is 0 Å². The second-order valence-corrected chi connectivity index (χ2v) is 8.38. The van der Waals surface area contributed by atoms with Gasteiger partial charge in [-0.1, -0.05) is 0 Å². The van der Waals surface area contributed by atoms with Gasteiger partial charge in [-0.15, -0.1) is 0 Å². The number of nitrogens with zero attached hydrogens (tertiary/aromatic N) is 4. The van der Waals surface area contributed by atoms with E-state index in [0.717, 1.165) is 43.9 Å². The number of hydrogen-bond donors (Lipinski definition) is 2. The summed E-state index contributed by atoms with van der Waals surface area (Å²) in [7, 11) is 0. The fraction of sp³-hybridized carbons (Fsp3) is 0.500. The van der Waals surface area contributed by atoms with Crippen LogP contribution in [0.1, 0.15) is 50.9 Å². The summed E-state index contributed by atoms with van der Waals surface area (Å²) in [6.45, 7) is 2.89. The molecule has 152 valence electrons. The highest BCUT2D eigenvalue weighted by Crippen LogP contribution is 2.58. The third-order valence-electron chi connectivity index (χ3n) is 5.67. The van der Waals surface area contributed by atoms with Crippen molar-refractivity contribution in [3.63, 3.8) is 0 Å². The first kappa shape index (κ1) is 18.2. The van der Waals surface area contributed by atoms with E-state index in [2.05, 4.69) is 25.6 Å². The van der Waals surface area contributed by atoms with Crippen LogP contribution in [0, 0.1) is 0 Å². The van der Waals surface area contributed by atoms with Crippen molar-refractivity contribution in [1.82, 2.24) is 15.0 Å². The van der Waals surface area contributed by atoms with Crippen LogP contribution >= 0.6 is 0 Å². The number of fused-ring (bicyclic) bond motifs is 2. The zero-order valence-electron chi connectivity index (χ0n) is 16.3. The molecule has 3 heterocycles. The van der Waals surface area contributed by atoms with Gasteiger partial charge < -0.3 is 15.5 Å². The Kier molecular flexibility index (Phi) is 3.81. The summed E-state index contributed by atoms with van der Waals surface area (Å²) >= 11 is 0. The van der Waals surface area contributed by atoms with Crippen LogP contribution in [0.3, 0.4) is 0 Å². The molecule has 2 aromatic rings. The Morgan fingerprint density at radius 1 is 1.24 bits per heavy atom. The molecule has 1 aliphatic heterocycles. The van der Waals surface area contributed by atoms with Gasteiger partial charge in [0, 0.05) is 55.7 Å². The van der Waals surface area contributed by atoms with Gasteiger partial charge in [-0.2, -0.15) is 8.78 Å². The molecule has 3 aliphatic rings. The van der Waals surface area contributed by atoms with Gasteiger partial charge in [0.1, 0.15) is 17.5 Å². The molecule has 0 aromatic carbocycles. The summed E-state index contributed by atoms with van der Waals surface area (Å²) in [5.74, 6) is -2.56. The van der Waals surface area contributed by atoms with E-state index in [0.29, 0.717) is 24.0 Å². The second kappa shape index (κ2) is 6.08. The molecule has 5 rings (SSSR count). The third kappa shape index (κ3) is 3.38. The number of hydrogen-bond acceptors (Lipinski definition) is 6. The molecule has 7 nitrogen and oxygen atoms in total. The summed E-state index contributed by atoms with van der Waals surface area (Å²) in [6.07, 6.45) is 5.85. The first-order valence-corrected chi connectivity index (χ1v) is 9.83. The Morgan fingerprint density at radius 3 is 2.62 bits per heavy atom. The third-order valence-corrected chi connectivity index (χ3v) is 5.67. The highest BCUT2D eigenvalue weighted by Gasteiger charge is 2.53. The molecule has 29 heavy (non-hydrogen) atoms. The molecule has 2 aromatic heterocycles. The normalized spacial score (nSPS) is 19.2. The lowest BCUT2D eigenvalue weighted by molar-refractivity contribution is -0.114. The molecule has 2 aliphatic carbocycles. The van der Waals surface area contributed by atoms with Crippen LogP contribution < -0.4 is 15.5 Å². The molecule has 0 unspecified atom stereocenters. The highest BCUT2D eigenvalue weighted by atomic mass is 19.3. The fourth-order valence-electron chi connectivity index (χ4n) is 3.86. The quantitative estimate of drug-likeness (QED) is 0.796. The molecule has 0 radical (unpaired) electrons. The lowest BCUT2D eigenvalue weighted by Crippen LogP contribution is -2.23. The minimum atomic E-state index is -3.14. The van der Waals surface area contributed by atoms with Crippen LogP contribution in [0.15, 0.2) is 18.3 Å². The standard InChI is InChI=1S/C20H22F2N6O/c1-11(29)24-15-7-14-13(9-23-15)20(5-6-20)10-28(14)17-8-16(25-12-3-4-12)26-18(27-17)19(2,21)22/h7-9,12H,3-6,10H2,1-2H3,(H,23,24,29)(H,25,26,27). The average molecular weight is 400 g/mol. The lowest BCUT2D eigenvalue weighted by atomic mass is 10.0. The van der Waals surface area contributed by atoms with E-state index in [1.54, 1.807) is 18.3 Å². The van der Waals surface area contributed by atoms with E-state index in [1.807, 2.05) is 4.90 Å². The maximum atomic E-state index is 14.1. The van der Waals surface area contributed by atoms with Gasteiger partial charge in [0.25, 0.3) is 0 Å². The number of aromatic nitrogens is 3. The van der Waals surface area contributed by atoms with Gasteiger partial charge in [-0.05, 0) is 25.7 Å². The van der Waals surface area contributed by atoms with Crippen molar-refractivity contribution in [1.29, 1.82) is 0 Å². The number of pyridine rings is 1. The first-order chi connectivity index (χ1) is 13.7. The number of rotatable bonds is 5. The average Bonchev–Trinajstić information content (AvgIpc) is 3.54. The number of nitrogens with one attached hydrogen (secondary N) is 2. The van der Waals surface area contributed by atoms with Crippen molar-refractivity contribution in [3.05, 3.63) is 29.7 Å². The Hall–Kier alpha value is -2.84. The molecule has 2 N–H and O–H groups in total. The van der Waals surface area contributed by atoms with E-state index in [9.17, 15) is 13.6 Å². The summed E-state index contributed by atoms with van der Waals surface area (Å²) < 4.78 is 28.2. The maximum absolute atomic E-state index is 14.1. The Bertz CT molecular complexity index is 997. The maximum Gasteiger partial charge on any atom is 0.303 e. The largest absolute Gasteiger partial charge is 0.367 e. The summed E-state index contributed by atoms with van der Waals surface area (Å²) in [5.41, 5.74) is 1.91. The number of amides is 1. The fourth-order valence-corrected chi connectivity index (χ4v) is 3.86. The van der Waals surface area contributed by atoms with Crippen molar-refractivity contribution < 1.29 is 13.6 Å². The molecule has 1 amide bonds. The summed E-state index contributed by atoms with van der Waals surface area (Å²) in [4.78, 5) is 26.0. The predicted octanol–water partition coefficient (Wildman–Crippen LogP) is 3.70. The lowest BCUT2D eigenvalue weighted by Gasteiger charge is -2.22. The summed E-state index contributed by atoms with van der Waals surface area (Å²) in [6, 6.07) is 3.81. The molecule has 2 fully saturated rings. The van der Waals surface area contributed by atoms with Gasteiger partial charge in [-0.3, -0.25) is 4.79 Å². The highest BCUT2D eigenvalue weighted by molar-refractivity contribution is 5.89. The van der Waals surface area contributed by atoms with Crippen molar-refractivity contribution >= 4 is 29.0 Å². The van der Waals surface area contributed by atoms with E-state index >= 15 is 0 Å². The Balaban J connectivity index is 1.58. The predicted molar refractivity (Wildman–Crippen MR) is 105 cm³/mol. The second-order valence-electron chi connectivity index (χ2n) is 8.38. The van der Waals surface area contributed by atoms with E-state index < -0.39 is 11.7 Å². The number of carbonyl (C=O) groups is 1. The van der Waals surface area contributed by atoms with Gasteiger partial charge in [-0.25, -0.2) is 15.0 Å². The number of alkyl halides is 2. The SMILES string of the molecule is CC(=O)Nc1cc2c(cn1)C1(CC1)CN2c1cc(NC2CC2)nc(C(C)(F)F)n1. The van der Waals surface area contributed by atoms with Gasteiger partial charge in [0.05, 0.1) is 5.69 Å². The number of halogens is 2. The molecule has 0 saturated heterocycles. The van der Waals surface area contributed by atoms with E-state index in [1.165, 1.54) is 6.92 Å². The molecule has 0 bridgehead atoms. The van der Waals surface area contributed by atoms with Crippen molar-refractivity contribution in [2.75, 3.05) is 22.1 Å². The topological polar surface area (TPSA) is 83.0 Å². The first-order valence-electron chi connectivity index (χ1n) is 9.83. The Morgan fingerprint density at radius 2 is 2.00 bits per heavy atom. The van der Waals surface area contributed by atoms with Crippen LogP contribution in [0.25, 0.3) is 0 Å². The summed E-state index contributed by atoms with van der Waals surface area (Å²) in [5, 5.41) is 5.90. The Labute approximate surface area is 166 Å². The van der Waals surface area contributed by atoms with Crippen LogP contribution in [0.5, 0.6) is 0 Å². The van der Waals surface area contributed by atoms with Crippen molar-refractivity contribution in [2.24, 2.45) is 0 Å². The van der Waals surface area contributed by atoms with Crippen molar-refractivity contribution in [2.45, 2.75) is 56.9 Å². The molecular weight excluding hydrogens is 378 g/mol. The van der Waals surface area contributed by atoms with Crippen LogP contribution in [-0.2, 0) is 16.1 Å². The van der Waals surface area contributed by atoms with Crippen LogP contribution in [0.4, 0.5) is 31.9 Å². The smallest absolute Gasteiger partial charge is 0.303 e. The van der Waals surface area contributed by atoms with E-state index in [-0.39, 0.29) is 17.4 Å². The zero-order valence-corrected chi connectivity index (χ0v) is 16.3. The van der Waals surface area contributed by atoms with Gasteiger partial charge >= 0.3 is 5.92 Å². The molecule has 9 heteroatoms. The van der Waals surface area contributed by atoms with Crippen LogP contribution in [-0.4, -0.2) is 33.4 Å². The zero-order chi connectivity index (χ0) is 20.4. The molecular formula is C20H22F2N6O. The molecule has 0 atom stereocenters. The van der Waals surface area contributed by atoms with Gasteiger partial charge in [0.2, 0.25) is 11.7 Å². The van der Waals surface area contributed by atoms with Crippen LogP contribution in [0.2, 0.25) is 0 Å². The molecule has 1 spiro atoms. The number of carbonyl (C=O) groups excluding carboxylic acids is 1. The number of anilines is 4. The van der Waals surface area contributed by atoms with E-state index in [4.69, 9.17) is 0 Å².